The van der Waals surface area contributed by atoms with Crippen molar-refractivity contribution in [3.63, 3.8) is 0 Å². The Labute approximate surface area is 104 Å². The Morgan fingerprint density at radius 2 is 1.78 bits per heavy atom. The van der Waals surface area contributed by atoms with Crippen molar-refractivity contribution in [1.82, 2.24) is 0 Å². The van der Waals surface area contributed by atoms with Crippen molar-refractivity contribution in [2.45, 2.75) is 24.5 Å². The van der Waals surface area contributed by atoms with Gasteiger partial charge < -0.3 is 10.8 Å². The minimum absolute atomic E-state index is 0.0809. The van der Waals surface area contributed by atoms with Gasteiger partial charge in [0.1, 0.15) is 5.82 Å². The summed E-state index contributed by atoms with van der Waals surface area (Å²) in [6, 6.07) is 4.88. The molecular formula is C13H16F3NO. The van der Waals surface area contributed by atoms with E-state index in [9.17, 15) is 18.3 Å². The first-order chi connectivity index (χ1) is 8.46. The fraction of sp³-hybridized carbons (Fsp3) is 0.538. The van der Waals surface area contributed by atoms with Crippen LogP contribution in [0.3, 0.4) is 0 Å². The number of halogens is 3. The standard InChI is InChI=1S/C13H16F3NO/c14-7-12(8-15)5-13(18,6-12)11(17)9-3-1-2-4-10(9)16/h1-4,11,18H,5-8,17H2. The van der Waals surface area contributed by atoms with Crippen molar-refractivity contribution in [2.24, 2.45) is 11.1 Å². The molecule has 1 unspecified atom stereocenters. The number of hydrogen-bond donors (Lipinski definition) is 2. The van der Waals surface area contributed by atoms with Crippen molar-refractivity contribution in [3.05, 3.63) is 35.6 Å². The topological polar surface area (TPSA) is 46.2 Å². The molecule has 1 saturated carbocycles. The number of aliphatic hydroxyl groups is 1. The first-order valence-electron chi connectivity index (χ1n) is 5.81. The van der Waals surface area contributed by atoms with Gasteiger partial charge in [-0.05, 0) is 18.9 Å². The summed E-state index contributed by atoms with van der Waals surface area (Å²) in [6.07, 6.45) is -0.162. The second kappa shape index (κ2) is 4.55. The minimum Gasteiger partial charge on any atom is -0.388 e. The van der Waals surface area contributed by atoms with E-state index in [0.29, 0.717) is 0 Å². The van der Waals surface area contributed by atoms with E-state index in [4.69, 9.17) is 5.73 Å². The summed E-state index contributed by atoms with van der Waals surface area (Å²) < 4.78 is 39.0. The first kappa shape index (κ1) is 13.4. The lowest BCUT2D eigenvalue weighted by Crippen LogP contribution is -2.59. The summed E-state index contributed by atoms with van der Waals surface area (Å²) in [5.41, 5.74) is 3.43. The third-order valence-electron chi connectivity index (χ3n) is 3.75. The Balaban J connectivity index is 2.17. The van der Waals surface area contributed by atoms with Crippen LogP contribution in [-0.2, 0) is 0 Å². The molecule has 0 heterocycles. The summed E-state index contributed by atoms with van der Waals surface area (Å²) in [6.45, 7) is -1.67. The minimum atomic E-state index is -1.43. The maximum atomic E-state index is 13.5. The van der Waals surface area contributed by atoms with E-state index >= 15 is 0 Å². The largest absolute Gasteiger partial charge is 0.388 e. The van der Waals surface area contributed by atoms with Gasteiger partial charge in [-0.2, -0.15) is 0 Å². The molecule has 18 heavy (non-hydrogen) atoms. The molecule has 0 bridgehead atoms. The van der Waals surface area contributed by atoms with E-state index in [1.54, 1.807) is 6.07 Å². The zero-order chi connectivity index (χ0) is 13.4. The van der Waals surface area contributed by atoms with Crippen LogP contribution in [0, 0.1) is 11.2 Å². The quantitative estimate of drug-likeness (QED) is 0.871. The highest BCUT2D eigenvalue weighted by Gasteiger charge is 2.57. The van der Waals surface area contributed by atoms with E-state index in [1.807, 2.05) is 0 Å². The molecule has 0 amide bonds. The lowest BCUT2D eigenvalue weighted by Gasteiger charge is -2.53. The van der Waals surface area contributed by atoms with Gasteiger partial charge >= 0.3 is 0 Å². The van der Waals surface area contributed by atoms with Gasteiger partial charge in [-0.1, -0.05) is 18.2 Å². The molecule has 3 N–H and O–H groups in total. The summed E-state index contributed by atoms with van der Waals surface area (Å²) in [5, 5.41) is 10.2. The lowest BCUT2D eigenvalue weighted by molar-refractivity contribution is -0.158. The molecule has 0 aromatic heterocycles. The van der Waals surface area contributed by atoms with Crippen LogP contribution in [0.4, 0.5) is 13.2 Å². The van der Waals surface area contributed by atoms with Crippen molar-refractivity contribution >= 4 is 0 Å². The van der Waals surface area contributed by atoms with Gasteiger partial charge in [-0.3, -0.25) is 8.78 Å². The Morgan fingerprint density at radius 1 is 1.22 bits per heavy atom. The SMILES string of the molecule is NC(c1ccccc1F)C1(O)CC(CF)(CF)C1. The molecular weight excluding hydrogens is 243 g/mol. The molecule has 100 valence electrons. The first-order valence-corrected chi connectivity index (χ1v) is 5.81. The maximum Gasteiger partial charge on any atom is 0.128 e. The summed E-state index contributed by atoms with van der Waals surface area (Å²) >= 11 is 0. The predicted octanol–water partition coefficient (Wildman–Crippen LogP) is 2.28. The van der Waals surface area contributed by atoms with E-state index < -0.39 is 36.2 Å². The van der Waals surface area contributed by atoms with E-state index in [1.165, 1.54) is 18.2 Å². The van der Waals surface area contributed by atoms with E-state index in [0.717, 1.165) is 0 Å². The second-order valence-corrected chi connectivity index (χ2v) is 5.22. The summed E-state index contributed by atoms with van der Waals surface area (Å²) in [5.74, 6) is -0.517. The Morgan fingerprint density at radius 3 is 2.28 bits per heavy atom. The van der Waals surface area contributed by atoms with Crippen molar-refractivity contribution < 1.29 is 18.3 Å². The van der Waals surface area contributed by atoms with Crippen molar-refractivity contribution in [3.8, 4) is 0 Å². The third-order valence-corrected chi connectivity index (χ3v) is 3.75. The fourth-order valence-corrected chi connectivity index (χ4v) is 2.71. The summed E-state index contributed by atoms with van der Waals surface area (Å²) in [4.78, 5) is 0. The Hall–Kier alpha value is -1.07. The van der Waals surface area contributed by atoms with E-state index in [2.05, 4.69) is 0 Å². The number of hydrogen-bond acceptors (Lipinski definition) is 2. The van der Waals surface area contributed by atoms with E-state index in [-0.39, 0.29) is 18.4 Å². The van der Waals surface area contributed by atoms with Crippen LogP contribution in [0.2, 0.25) is 0 Å². The average Bonchev–Trinajstić information content (AvgIpc) is 2.34. The molecule has 1 aromatic carbocycles. The second-order valence-electron chi connectivity index (χ2n) is 5.22. The zero-order valence-electron chi connectivity index (χ0n) is 9.87. The van der Waals surface area contributed by atoms with Gasteiger partial charge in [0.2, 0.25) is 0 Å². The molecule has 1 aliphatic carbocycles. The van der Waals surface area contributed by atoms with Crippen molar-refractivity contribution in [2.75, 3.05) is 13.3 Å². The molecule has 0 radical (unpaired) electrons. The summed E-state index contributed by atoms with van der Waals surface area (Å²) in [7, 11) is 0. The van der Waals surface area contributed by atoms with Crippen LogP contribution >= 0.6 is 0 Å². The molecule has 0 saturated heterocycles. The molecule has 1 aliphatic rings. The molecule has 0 aliphatic heterocycles. The lowest BCUT2D eigenvalue weighted by atomic mass is 9.57. The van der Waals surface area contributed by atoms with Crippen LogP contribution in [0.25, 0.3) is 0 Å². The van der Waals surface area contributed by atoms with Gasteiger partial charge in [0.25, 0.3) is 0 Å². The van der Waals surface area contributed by atoms with Crippen LogP contribution < -0.4 is 5.73 Å². The highest BCUT2D eigenvalue weighted by Crippen LogP contribution is 2.53. The number of alkyl halides is 2. The monoisotopic (exact) mass is 259 g/mol. The van der Waals surface area contributed by atoms with Gasteiger partial charge in [-0.15, -0.1) is 0 Å². The highest BCUT2D eigenvalue weighted by molar-refractivity contribution is 5.26. The van der Waals surface area contributed by atoms with Gasteiger partial charge in [-0.25, -0.2) is 4.39 Å². The molecule has 1 atom stereocenters. The molecule has 2 rings (SSSR count). The Bertz CT molecular complexity index is 426. The smallest absolute Gasteiger partial charge is 0.128 e. The van der Waals surface area contributed by atoms with Crippen LogP contribution in [0.1, 0.15) is 24.4 Å². The zero-order valence-corrected chi connectivity index (χ0v) is 9.87. The average molecular weight is 259 g/mol. The van der Waals surface area contributed by atoms with Crippen molar-refractivity contribution in [1.29, 1.82) is 0 Å². The Kier molecular flexibility index (Phi) is 3.38. The van der Waals surface area contributed by atoms with Crippen LogP contribution in [0.5, 0.6) is 0 Å². The van der Waals surface area contributed by atoms with Crippen LogP contribution in [-0.4, -0.2) is 24.1 Å². The molecule has 0 spiro atoms. The number of rotatable bonds is 4. The van der Waals surface area contributed by atoms with Gasteiger partial charge in [0, 0.05) is 11.0 Å². The predicted molar refractivity (Wildman–Crippen MR) is 61.9 cm³/mol. The molecule has 5 heteroatoms. The molecule has 2 nitrogen and oxygen atoms in total. The van der Waals surface area contributed by atoms with Gasteiger partial charge in [0.15, 0.2) is 0 Å². The van der Waals surface area contributed by atoms with Gasteiger partial charge in [0.05, 0.1) is 25.0 Å². The third kappa shape index (κ3) is 2.01. The molecule has 1 fully saturated rings. The maximum absolute atomic E-state index is 13.5. The molecule has 1 aromatic rings. The van der Waals surface area contributed by atoms with Crippen LogP contribution in [0.15, 0.2) is 24.3 Å². The normalized spacial score (nSPS) is 22.3. The fourth-order valence-electron chi connectivity index (χ4n) is 2.71. The number of benzene rings is 1. The number of nitrogens with two attached hydrogens (primary N) is 1. The highest BCUT2D eigenvalue weighted by atomic mass is 19.1.